The average Bonchev–Trinajstić information content (AvgIpc) is 2.63. The van der Waals surface area contributed by atoms with Gasteiger partial charge >= 0.3 is 5.97 Å². The summed E-state index contributed by atoms with van der Waals surface area (Å²) in [6.45, 7) is 10.4. The van der Waals surface area contributed by atoms with Gasteiger partial charge in [-0.1, -0.05) is 0 Å². The van der Waals surface area contributed by atoms with Crippen LogP contribution in [-0.2, 0) is 23.9 Å². The summed E-state index contributed by atoms with van der Waals surface area (Å²) in [5.41, 5.74) is -2.05. The molecular formula is C15H24N2O5S. The first kappa shape index (κ1) is 18.1. The molecule has 3 atom stereocenters. The maximum atomic E-state index is 12.7. The summed E-state index contributed by atoms with van der Waals surface area (Å²) in [7, 11) is 1.37. The van der Waals surface area contributed by atoms with E-state index in [-0.39, 0.29) is 5.91 Å². The van der Waals surface area contributed by atoms with E-state index in [2.05, 4.69) is 5.32 Å². The molecular weight excluding hydrogens is 320 g/mol. The van der Waals surface area contributed by atoms with Crippen LogP contribution in [-0.4, -0.2) is 57.3 Å². The zero-order chi connectivity index (χ0) is 17.8. The third-order valence-corrected chi connectivity index (χ3v) is 5.43. The van der Waals surface area contributed by atoms with Gasteiger partial charge in [0.1, 0.15) is 17.0 Å². The molecule has 2 rings (SSSR count). The van der Waals surface area contributed by atoms with Crippen LogP contribution in [0.25, 0.3) is 0 Å². The van der Waals surface area contributed by atoms with Gasteiger partial charge in [-0.05, 0) is 34.6 Å². The molecule has 2 fully saturated rings. The van der Waals surface area contributed by atoms with Gasteiger partial charge in [0.25, 0.3) is 11.6 Å². The minimum Gasteiger partial charge on any atom is -0.458 e. The first-order valence-electron chi connectivity index (χ1n) is 7.43. The Morgan fingerprint density at radius 3 is 2.30 bits per heavy atom. The van der Waals surface area contributed by atoms with Crippen LogP contribution in [0.1, 0.15) is 41.5 Å². The molecule has 23 heavy (non-hydrogen) atoms. The number of nitrogens with zero attached hydrogens (tertiary/aromatic N) is 1. The molecule has 130 valence electrons. The lowest BCUT2D eigenvalue weighted by Crippen LogP contribution is -2.80. The van der Waals surface area contributed by atoms with E-state index in [0.29, 0.717) is 0 Å². The number of methoxy groups -OCH3 is 1. The second-order valence-electron chi connectivity index (χ2n) is 7.34. The molecule has 2 saturated heterocycles. The summed E-state index contributed by atoms with van der Waals surface area (Å²) in [5.74, 6) is -1.23. The summed E-state index contributed by atoms with van der Waals surface area (Å²) in [6.07, 6.45) is 0. The van der Waals surface area contributed by atoms with Crippen molar-refractivity contribution >= 4 is 29.5 Å². The van der Waals surface area contributed by atoms with Crippen molar-refractivity contribution in [3.63, 3.8) is 0 Å². The largest absolute Gasteiger partial charge is 0.458 e. The number of fused-ring (bicyclic) bond motifs is 1. The molecule has 0 unspecified atom stereocenters. The van der Waals surface area contributed by atoms with Crippen molar-refractivity contribution in [2.24, 2.45) is 0 Å². The molecule has 0 aliphatic carbocycles. The van der Waals surface area contributed by atoms with Gasteiger partial charge in [-0.25, -0.2) is 4.79 Å². The Labute approximate surface area is 140 Å². The smallest absolute Gasteiger partial charge is 0.330 e. The molecule has 2 amide bonds. The monoisotopic (exact) mass is 344 g/mol. The first-order chi connectivity index (χ1) is 10.4. The molecule has 0 aromatic heterocycles. The summed E-state index contributed by atoms with van der Waals surface area (Å²) in [5, 5.41) is 2.12. The average molecular weight is 344 g/mol. The molecule has 0 bridgehead atoms. The molecule has 7 nitrogen and oxygen atoms in total. The Morgan fingerprint density at radius 2 is 1.87 bits per heavy atom. The zero-order valence-corrected chi connectivity index (χ0v) is 15.4. The van der Waals surface area contributed by atoms with Crippen LogP contribution >= 0.6 is 11.8 Å². The normalized spacial score (nSPS) is 32.1. The third kappa shape index (κ3) is 2.82. The second-order valence-corrected chi connectivity index (χ2v) is 9.08. The molecule has 0 saturated carbocycles. The lowest BCUT2D eigenvalue weighted by Gasteiger charge is -2.51. The van der Waals surface area contributed by atoms with Crippen molar-refractivity contribution in [2.75, 3.05) is 7.11 Å². The number of hydrogen-bond acceptors (Lipinski definition) is 6. The third-order valence-electron chi connectivity index (χ3n) is 3.82. The molecule has 0 spiro atoms. The fourth-order valence-corrected chi connectivity index (χ4v) is 4.65. The van der Waals surface area contributed by atoms with Crippen LogP contribution in [0.3, 0.4) is 0 Å². The number of esters is 1. The van der Waals surface area contributed by atoms with Crippen molar-refractivity contribution in [3.05, 3.63) is 0 Å². The van der Waals surface area contributed by atoms with Gasteiger partial charge in [0.15, 0.2) is 0 Å². The van der Waals surface area contributed by atoms with Crippen LogP contribution in [0, 0.1) is 0 Å². The van der Waals surface area contributed by atoms with Gasteiger partial charge in [-0.15, -0.1) is 11.8 Å². The van der Waals surface area contributed by atoms with Gasteiger partial charge in [-0.2, -0.15) is 0 Å². The highest BCUT2D eigenvalue weighted by molar-refractivity contribution is 8.01. The standard InChI is InChI=1S/C15H24N2O5S/c1-8(18)16-15(21-7)11(20)17-9(10(19)22-13(2,3)4)14(5,6)23-12(15)17/h9,12H,1-7H3,(H,16,18)/t9-,12+,15+/m0/s1. The Hall–Kier alpha value is -1.28. The summed E-state index contributed by atoms with van der Waals surface area (Å²) >= 11 is 1.42. The first-order valence-corrected chi connectivity index (χ1v) is 8.31. The van der Waals surface area contributed by atoms with E-state index in [1.165, 1.54) is 30.7 Å². The van der Waals surface area contributed by atoms with Crippen LogP contribution in [0.5, 0.6) is 0 Å². The number of thioether (sulfide) groups is 1. The maximum Gasteiger partial charge on any atom is 0.330 e. The summed E-state index contributed by atoms with van der Waals surface area (Å²) in [4.78, 5) is 38.1. The quantitative estimate of drug-likeness (QED) is 0.465. The number of nitrogens with one attached hydrogen (secondary N) is 1. The number of carbonyl (C=O) groups is 3. The highest BCUT2D eigenvalue weighted by Gasteiger charge is 2.73. The molecule has 0 radical (unpaired) electrons. The fourth-order valence-electron chi connectivity index (χ4n) is 2.98. The number of rotatable bonds is 3. The van der Waals surface area contributed by atoms with Crippen LogP contribution in [0.4, 0.5) is 0 Å². The molecule has 1 N–H and O–H groups in total. The Balaban J connectivity index is 2.31. The molecule has 0 aromatic carbocycles. The number of ether oxygens (including phenoxy) is 2. The number of amides is 2. The minimum absolute atomic E-state index is 0.362. The van der Waals surface area contributed by atoms with Crippen LogP contribution in [0.2, 0.25) is 0 Å². The van der Waals surface area contributed by atoms with Gasteiger partial charge < -0.3 is 19.7 Å². The van der Waals surface area contributed by atoms with E-state index in [1.54, 1.807) is 20.8 Å². The van der Waals surface area contributed by atoms with Crippen molar-refractivity contribution in [2.45, 2.75) is 69.0 Å². The highest BCUT2D eigenvalue weighted by Crippen LogP contribution is 2.55. The Bertz CT molecular complexity index is 557. The molecule has 2 heterocycles. The number of carbonyl (C=O) groups excluding carboxylic acids is 3. The van der Waals surface area contributed by atoms with Crippen molar-refractivity contribution in [3.8, 4) is 0 Å². The van der Waals surface area contributed by atoms with Gasteiger partial charge in [-0.3, -0.25) is 9.59 Å². The van der Waals surface area contributed by atoms with Gasteiger partial charge in [0.05, 0.1) is 0 Å². The number of β-lactam (4-membered cyclic amide) rings is 1. The number of hydrogen-bond donors (Lipinski definition) is 1. The molecule has 2 aliphatic heterocycles. The summed E-state index contributed by atoms with van der Waals surface area (Å²) < 4.78 is 10.2. The van der Waals surface area contributed by atoms with E-state index in [4.69, 9.17) is 9.47 Å². The fraction of sp³-hybridized carbons (Fsp3) is 0.800. The predicted molar refractivity (Wildman–Crippen MR) is 85.5 cm³/mol. The van der Waals surface area contributed by atoms with Crippen molar-refractivity contribution in [1.82, 2.24) is 10.2 Å². The SMILES string of the molecule is CO[C@]1(NC(C)=O)C(=O)N2[C@@H](C(=O)OC(C)(C)C)C(C)(C)S[C@@H]21. The maximum absolute atomic E-state index is 12.7. The minimum atomic E-state index is -1.41. The Morgan fingerprint density at radius 1 is 1.30 bits per heavy atom. The van der Waals surface area contributed by atoms with Gasteiger partial charge in [0, 0.05) is 18.8 Å². The molecule has 0 aromatic rings. The van der Waals surface area contributed by atoms with E-state index < -0.39 is 39.4 Å². The van der Waals surface area contributed by atoms with E-state index in [0.717, 1.165) is 0 Å². The second kappa shape index (κ2) is 5.37. The van der Waals surface area contributed by atoms with Crippen LogP contribution in [0.15, 0.2) is 0 Å². The summed E-state index contributed by atoms with van der Waals surface area (Å²) in [6, 6.07) is -0.721. The van der Waals surface area contributed by atoms with E-state index in [1.807, 2.05) is 13.8 Å². The highest BCUT2D eigenvalue weighted by atomic mass is 32.2. The lowest BCUT2D eigenvalue weighted by molar-refractivity contribution is -0.203. The molecule has 8 heteroatoms. The van der Waals surface area contributed by atoms with E-state index >= 15 is 0 Å². The molecule has 2 aliphatic rings. The zero-order valence-electron chi connectivity index (χ0n) is 14.6. The van der Waals surface area contributed by atoms with E-state index in [9.17, 15) is 14.4 Å². The van der Waals surface area contributed by atoms with Crippen molar-refractivity contribution < 1.29 is 23.9 Å². The van der Waals surface area contributed by atoms with Crippen molar-refractivity contribution in [1.29, 1.82) is 0 Å². The lowest BCUT2D eigenvalue weighted by atomic mass is 9.93. The van der Waals surface area contributed by atoms with Crippen LogP contribution < -0.4 is 5.32 Å². The topological polar surface area (TPSA) is 84.9 Å². The Kier molecular flexibility index (Phi) is 4.22. The predicted octanol–water partition coefficient (Wildman–Crippen LogP) is 0.869. The van der Waals surface area contributed by atoms with Gasteiger partial charge in [0.2, 0.25) is 5.91 Å².